The van der Waals surface area contributed by atoms with E-state index in [4.69, 9.17) is 4.43 Å². The first-order valence-corrected chi connectivity index (χ1v) is 9.11. The van der Waals surface area contributed by atoms with Crippen molar-refractivity contribution in [1.29, 1.82) is 0 Å². The summed E-state index contributed by atoms with van der Waals surface area (Å²) in [4.78, 5) is 3.77. The molecule has 100 valence electrons. The van der Waals surface area contributed by atoms with E-state index in [2.05, 4.69) is 57.5 Å². The number of nitrogens with zero attached hydrogens (tertiary/aromatic N) is 1. The third kappa shape index (κ3) is 6.76. The van der Waals surface area contributed by atoms with E-state index in [0.717, 1.165) is 31.8 Å². The molecule has 0 amide bonds. The predicted octanol–water partition coefficient (Wildman–Crippen LogP) is 3.20. The lowest BCUT2D eigenvalue weighted by Crippen LogP contribution is -2.42. The Balaban J connectivity index is 3.65. The second-order valence-electron chi connectivity index (χ2n) is 5.83. The lowest BCUT2D eigenvalue weighted by atomic mass is 10.2. The molecule has 0 aromatic heterocycles. The fourth-order valence-electron chi connectivity index (χ4n) is 1.03. The fraction of sp³-hybridized carbons (Fsp3) is 0.769. The number of hydrogen-bond acceptors (Lipinski definition) is 3. The molecule has 0 radical (unpaired) electrons. The molecular weight excluding hydrogens is 228 g/mol. The maximum absolute atomic E-state index is 6.05. The third-order valence-corrected chi connectivity index (χ3v) is 7.90. The Kier molecular flexibility index (Phi) is 6.90. The summed E-state index contributed by atoms with van der Waals surface area (Å²) in [5, 5.41) is 3.61. The van der Waals surface area contributed by atoms with E-state index in [1.165, 1.54) is 0 Å². The van der Waals surface area contributed by atoms with Crippen LogP contribution in [0.3, 0.4) is 0 Å². The topological polar surface area (TPSA) is 33.6 Å². The molecule has 0 saturated carbocycles. The average Bonchev–Trinajstić information content (AvgIpc) is 2.21. The van der Waals surface area contributed by atoms with Crippen molar-refractivity contribution in [3.05, 3.63) is 12.3 Å². The smallest absolute Gasteiger partial charge is 0.192 e. The van der Waals surface area contributed by atoms with Gasteiger partial charge in [-0.25, -0.2) is 0 Å². The van der Waals surface area contributed by atoms with Crippen molar-refractivity contribution in [2.75, 3.05) is 19.7 Å². The van der Waals surface area contributed by atoms with E-state index in [9.17, 15) is 0 Å². The van der Waals surface area contributed by atoms with Gasteiger partial charge in [-0.1, -0.05) is 27.4 Å². The molecule has 0 fully saturated rings. The van der Waals surface area contributed by atoms with Crippen molar-refractivity contribution < 1.29 is 4.43 Å². The molecule has 0 atom stereocenters. The highest BCUT2D eigenvalue weighted by molar-refractivity contribution is 6.74. The second kappa shape index (κ2) is 7.09. The van der Waals surface area contributed by atoms with Crippen LogP contribution in [0.4, 0.5) is 0 Å². The zero-order valence-corrected chi connectivity index (χ0v) is 13.1. The van der Waals surface area contributed by atoms with Crippen LogP contribution in [-0.4, -0.2) is 34.7 Å². The van der Waals surface area contributed by atoms with Gasteiger partial charge in [-0.15, -0.1) is 0 Å². The Bertz CT molecular complexity index is 257. The third-order valence-electron chi connectivity index (χ3n) is 3.36. The summed E-state index contributed by atoms with van der Waals surface area (Å²) in [6.45, 7) is 21.1. The fourth-order valence-corrected chi connectivity index (χ4v) is 2.08. The van der Waals surface area contributed by atoms with Crippen molar-refractivity contribution in [3.63, 3.8) is 0 Å². The summed E-state index contributed by atoms with van der Waals surface area (Å²) in [6.07, 6.45) is 0.851. The van der Waals surface area contributed by atoms with Gasteiger partial charge in [0.2, 0.25) is 0 Å². The molecule has 0 aliphatic rings. The maximum atomic E-state index is 6.05. The van der Waals surface area contributed by atoms with Gasteiger partial charge in [-0.05, 0) is 24.8 Å². The molecule has 0 saturated heterocycles. The van der Waals surface area contributed by atoms with Gasteiger partial charge in [0.05, 0.1) is 0 Å². The van der Waals surface area contributed by atoms with Crippen LogP contribution in [0.15, 0.2) is 17.3 Å². The summed E-state index contributed by atoms with van der Waals surface area (Å²) in [5.41, 5.74) is 0.836. The van der Waals surface area contributed by atoms with Crippen LogP contribution in [0, 0.1) is 0 Å². The largest absolute Gasteiger partial charge is 0.416 e. The minimum Gasteiger partial charge on any atom is -0.416 e. The Hall–Kier alpha value is -0.453. The van der Waals surface area contributed by atoms with Crippen LogP contribution >= 0.6 is 0 Å². The first kappa shape index (κ1) is 16.5. The Morgan fingerprint density at radius 3 is 2.35 bits per heavy atom. The van der Waals surface area contributed by atoms with Gasteiger partial charge < -0.3 is 9.74 Å². The summed E-state index contributed by atoms with van der Waals surface area (Å²) in [5.74, 6) is 0. The van der Waals surface area contributed by atoms with Crippen LogP contribution in [0.1, 0.15) is 27.2 Å². The van der Waals surface area contributed by atoms with E-state index < -0.39 is 8.32 Å². The molecule has 0 aliphatic heterocycles. The highest BCUT2D eigenvalue weighted by Gasteiger charge is 2.36. The van der Waals surface area contributed by atoms with Crippen LogP contribution in [0.2, 0.25) is 18.1 Å². The lowest BCUT2D eigenvalue weighted by Gasteiger charge is -2.36. The number of aliphatic imine (C=N–C) groups is 1. The van der Waals surface area contributed by atoms with Gasteiger partial charge in [0.15, 0.2) is 8.32 Å². The van der Waals surface area contributed by atoms with Crippen LogP contribution in [-0.2, 0) is 4.43 Å². The molecule has 0 unspecified atom stereocenters. The minimum absolute atomic E-state index is 0.286. The van der Waals surface area contributed by atoms with Crippen LogP contribution in [0.25, 0.3) is 0 Å². The summed E-state index contributed by atoms with van der Waals surface area (Å²) >= 11 is 0. The predicted molar refractivity (Wildman–Crippen MR) is 79.3 cm³/mol. The monoisotopic (exact) mass is 256 g/mol. The number of rotatable bonds is 8. The normalized spacial score (nSPS) is 12.5. The van der Waals surface area contributed by atoms with Gasteiger partial charge in [-0.2, -0.15) is 0 Å². The Labute approximate surface area is 107 Å². The van der Waals surface area contributed by atoms with E-state index >= 15 is 0 Å². The second-order valence-corrected chi connectivity index (χ2v) is 10.6. The number of hydrogen-bond donors (Lipinski definition) is 1. The summed E-state index contributed by atoms with van der Waals surface area (Å²) < 4.78 is 6.05. The highest BCUT2D eigenvalue weighted by atomic mass is 28.4. The molecular formula is C13H28N2OSi. The minimum atomic E-state index is -1.58. The average molecular weight is 256 g/mol. The standard InChI is InChI=1S/C13H28N2OSi/c1-12(14-5)8-9-15-10-11-16-17(6,7)13(2,3)4/h15H,1,5,8-11H2,2-4,6-7H3. The molecule has 1 N–H and O–H groups in total. The molecule has 0 aliphatic carbocycles. The van der Waals surface area contributed by atoms with E-state index in [1.807, 2.05) is 0 Å². The maximum Gasteiger partial charge on any atom is 0.192 e. The van der Waals surface area contributed by atoms with Gasteiger partial charge in [-0.3, -0.25) is 4.99 Å². The summed E-state index contributed by atoms with van der Waals surface area (Å²) in [6, 6.07) is 0. The Morgan fingerprint density at radius 2 is 1.88 bits per heavy atom. The molecule has 0 spiro atoms. The van der Waals surface area contributed by atoms with Crippen molar-refractivity contribution in [2.24, 2.45) is 4.99 Å². The molecule has 0 aromatic carbocycles. The van der Waals surface area contributed by atoms with Crippen molar-refractivity contribution >= 4 is 15.0 Å². The first-order valence-electron chi connectivity index (χ1n) is 6.20. The molecule has 0 heterocycles. The Morgan fingerprint density at radius 1 is 1.29 bits per heavy atom. The van der Waals surface area contributed by atoms with Gasteiger partial charge >= 0.3 is 0 Å². The number of nitrogens with one attached hydrogen (secondary N) is 1. The SMILES string of the molecule is C=NC(=C)CCNCCO[Si](C)(C)C(C)(C)C. The molecule has 3 nitrogen and oxygen atoms in total. The van der Waals surface area contributed by atoms with E-state index in [1.54, 1.807) is 0 Å². The van der Waals surface area contributed by atoms with Crippen molar-refractivity contribution in [1.82, 2.24) is 5.32 Å². The summed E-state index contributed by atoms with van der Waals surface area (Å²) in [7, 11) is -1.58. The van der Waals surface area contributed by atoms with E-state index in [-0.39, 0.29) is 5.04 Å². The zero-order valence-electron chi connectivity index (χ0n) is 12.1. The van der Waals surface area contributed by atoms with Gasteiger partial charge in [0, 0.05) is 31.8 Å². The molecule has 0 rings (SSSR count). The molecule has 0 aromatic rings. The van der Waals surface area contributed by atoms with Crippen molar-refractivity contribution in [3.8, 4) is 0 Å². The van der Waals surface area contributed by atoms with Crippen LogP contribution in [0.5, 0.6) is 0 Å². The molecule has 17 heavy (non-hydrogen) atoms. The quantitative estimate of drug-likeness (QED) is 0.411. The van der Waals surface area contributed by atoms with E-state index in [0.29, 0.717) is 0 Å². The molecule has 0 bridgehead atoms. The lowest BCUT2D eigenvalue weighted by molar-refractivity contribution is 0.286. The first-order chi connectivity index (χ1) is 7.70. The van der Waals surface area contributed by atoms with Crippen LogP contribution < -0.4 is 5.32 Å². The van der Waals surface area contributed by atoms with Crippen molar-refractivity contribution in [2.45, 2.75) is 45.3 Å². The van der Waals surface area contributed by atoms with Gasteiger partial charge in [0.25, 0.3) is 0 Å². The molecule has 4 heteroatoms. The highest BCUT2D eigenvalue weighted by Crippen LogP contribution is 2.36. The zero-order chi connectivity index (χ0) is 13.5. The van der Waals surface area contributed by atoms with Gasteiger partial charge in [0.1, 0.15) is 0 Å².